The molecule has 2 N–H and O–H groups in total. The lowest BCUT2D eigenvalue weighted by atomic mass is 9.92. The molecule has 0 spiro atoms. The largest absolute Gasteiger partial charge is 0.394 e. The number of amides is 1. The third-order valence-corrected chi connectivity index (χ3v) is 3.94. The fourth-order valence-electron chi connectivity index (χ4n) is 1.97. The Morgan fingerprint density at radius 3 is 2.52 bits per heavy atom. The molecule has 0 heterocycles. The number of hydrogen-bond donors (Lipinski definition) is 2. The van der Waals surface area contributed by atoms with Crippen molar-refractivity contribution in [2.24, 2.45) is 0 Å². The number of carbonyl (C=O) groups excluding carboxylic acids is 1. The maximum Gasteiger partial charge on any atom is 0.252 e. The van der Waals surface area contributed by atoms with Crippen LogP contribution in [0.15, 0.2) is 53.0 Å². The van der Waals surface area contributed by atoms with Crippen molar-refractivity contribution in [3.8, 4) is 0 Å². The van der Waals surface area contributed by atoms with Crippen LogP contribution in [-0.4, -0.2) is 17.6 Å². The second kappa shape index (κ2) is 6.37. The minimum atomic E-state index is -0.929. The first-order valence-electron chi connectivity index (χ1n) is 6.40. The molecule has 1 atom stereocenters. The molecule has 2 aromatic carbocycles. The van der Waals surface area contributed by atoms with Crippen molar-refractivity contribution in [1.82, 2.24) is 5.32 Å². The van der Waals surface area contributed by atoms with E-state index >= 15 is 0 Å². The average molecular weight is 352 g/mol. The Balaban J connectivity index is 2.26. The summed E-state index contributed by atoms with van der Waals surface area (Å²) in [5, 5.41) is 12.4. The Morgan fingerprint density at radius 2 is 1.95 bits per heavy atom. The first-order valence-corrected chi connectivity index (χ1v) is 7.19. The quantitative estimate of drug-likeness (QED) is 0.888. The van der Waals surface area contributed by atoms with Gasteiger partial charge in [0.05, 0.1) is 16.6 Å². The molecule has 1 amide bonds. The summed E-state index contributed by atoms with van der Waals surface area (Å²) in [5.74, 6) is -0.949. The molecule has 0 saturated carbocycles. The van der Waals surface area contributed by atoms with Crippen molar-refractivity contribution in [1.29, 1.82) is 0 Å². The van der Waals surface area contributed by atoms with Gasteiger partial charge in [0.1, 0.15) is 5.82 Å². The van der Waals surface area contributed by atoms with Gasteiger partial charge < -0.3 is 10.4 Å². The van der Waals surface area contributed by atoms with E-state index in [1.54, 1.807) is 6.92 Å². The fraction of sp³-hybridized carbons (Fsp3) is 0.188. The third-order valence-electron chi connectivity index (χ3n) is 3.30. The summed E-state index contributed by atoms with van der Waals surface area (Å²) >= 11 is 3.04. The molecule has 0 radical (unpaired) electrons. The summed E-state index contributed by atoms with van der Waals surface area (Å²) < 4.78 is 13.8. The highest BCUT2D eigenvalue weighted by Gasteiger charge is 2.28. The van der Waals surface area contributed by atoms with E-state index in [4.69, 9.17) is 0 Å². The molecule has 1 unspecified atom stereocenters. The number of hydrogen-bond acceptors (Lipinski definition) is 2. The van der Waals surface area contributed by atoms with Gasteiger partial charge in [-0.25, -0.2) is 4.39 Å². The highest BCUT2D eigenvalue weighted by Crippen LogP contribution is 2.22. The number of aliphatic hydroxyl groups excluding tert-OH is 1. The predicted molar refractivity (Wildman–Crippen MR) is 82.4 cm³/mol. The van der Waals surface area contributed by atoms with Crippen LogP contribution in [0.2, 0.25) is 0 Å². The van der Waals surface area contributed by atoms with Crippen LogP contribution in [0, 0.1) is 5.82 Å². The summed E-state index contributed by atoms with van der Waals surface area (Å²) in [6, 6.07) is 13.3. The van der Waals surface area contributed by atoms with Crippen LogP contribution >= 0.6 is 15.9 Å². The lowest BCUT2D eigenvalue weighted by Gasteiger charge is -2.29. The zero-order chi connectivity index (χ0) is 15.5. The van der Waals surface area contributed by atoms with E-state index in [9.17, 15) is 14.3 Å². The molecule has 0 aliphatic heterocycles. The van der Waals surface area contributed by atoms with E-state index in [2.05, 4.69) is 21.2 Å². The second-order valence-electron chi connectivity index (χ2n) is 4.94. The first-order chi connectivity index (χ1) is 9.96. The Kier molecular flexibility index (Phi) is 4.75. The van der Waals surface area contributed by atoms with Crippen molar-refractivity contribution >= 4 is 21.8 Å². The van der Waals surface area contributed by atoms with Crippen molar-refractivity contribution in [2.75, 3.05) is 6.61 Å². The molecule has 0 aliphatic rings. The molecule has 3 nitrogen and oxygen atoms in total. The van der Waals surface area contributed by atoms with Gasteiger partial charge in [-0.1, -0.05) is 30.3 Å². The van der Waals surface area contributed by atoms with Crippen molar-refractivity contribution in [3.05, 3.63) is 69.9 Å². The molecular formula is C16H15BrFNO2. The maximum atomic E-state index is 13.5. The smallest absolute Gasteiger partial charge is 0.252 e. The molecule has 0 fully saturated rings. The Morgan fingerprint density at radius 1 is 1.29 bits per heavy atom. The van der Waals surface area contributed by atoms with Crippen LogP contribution in [0.5, 0.6) is 0 Å². The molecule has 2 aromatic rings. The molecule has 110 valence electrons. The minimum Gasteiger partial charge on any atom is -0.394 e. The molecule has 0 saturated heterocycles. The summed E-state index contributed by atoms with van der Waals surface area (Å²) in [6.45, 7) is 1.46. The van der Waals surface area contributed by atoms with E-state index in [1.807, 2.05) is 30.3 Å². The van der Waals surface area contributed by atoms with Gasteiger partial charge in [-0.3, -0.25) is 4.79 Å². The summed E-state index contributed by atoms with van der Waals surface area (Å²) in [5.41, 5.74) is 0.0479. The van der Waals surface area contributed by atoms with Crippen LogP contribution < -0.4 is 5.32 Å². The van der Waals surface area contributed by atoms with E-state index < -0.39 is 17.3 Å². The summed E-state index contributed by atoms with van der Waals surface area (Å²) in [4.78, 5) is 12.3. The highest BCUT2D eigenvalue weighted by atomic mass is 79.9. The third kappa shape index (κ3) is 3.49. The van der Waals surface area contributed by atoms with E-state index in [0.717, 1.165) is 11.6 Å². The maximum absolute atomic E-state index is 13.5. The van der Waals surface area contributed by atoms with Crippen molar-refractivity contribution < 1.29 is 14.3 Å². The highest BCUT2D eigenvalue weighted by molar-refractivity contribution is 9.10. The Labute approximate surface area is 130 Å². The van der Waals surface area contributed by atoms with E-state index in [0.29, 0.717) is 4.47 Å². The van der Waals surface area contributed by atoms with Crippen molar-refractivity contribution in [3.63, 3.8) is 0 Å². The SMILES string of the molecule is CC(CO)(NC(=O)c1ccc(Br)c(F)c1)c1ccccc1. The lowest BCUT2D eigenvalue weighted by molar-refractivity contribution is 0.0849. The van der Waals surface area contributed by atoms with Crippen LogP contribution in [0.1, 0.15) is 22.8 Å². The molecule has 0 aliphatic carbocycles. The number of rotatable bonds is 4. The van der Waals surface area contributed by atoms with Crippen LogP contribution in [0.4, 0.5) is 4.39 Å². The van der Waals surface area contributed by atoms with E-state index in [1.165, 1.54) is 12.1 Å². The molecule has 2 rings (SSSR count). The number of aliphatic hydroxyl groups is 1. The molecule has 5 heteroatoms. The van der Waals surface area contributed by atoms with Gasteiger partial charge in [0.15, 0.2) is 0 Å². The van der Waals surface area contributed by atoms with Gasteiger partial charge >= 0.3 is 0 Å². The number of benzene rings is 2. The molecule has 21 heavy (non-hydrogen) atoms. The van der Waals surface area contributed by atoms with Crippen LogP contribution in [0.3, 0.4) is 0 Å². The minimum absolute atomic E-state index is 0.200. The van der Waals surface area contributed by atoms with Crippen molar-refractivity contribution in [2.45, 2.75) is 12.5 Å². The van der Waals surface area contributed by atoms with Gasteiger partial charge in [0.25, 0.3) is 5.91 Å². The second-order valence-corrected chi connectivity index (χ2v) is 5.79. The normalized spacial score (nSPS) is 13.5. The monoisotopic (exact) mass is 351 g/mol. The Bertz CT molecular complexity index is 648. The first kappa shape index (κ1) is 15.7. The van der Waals surface area contributed by atoms with Gasteiger partial charge in [0.2, 0.25) is 0 Å². The molecule has 0 bridgehead atoms. The summed E-state index contributed by atoms with van der Waals surface area (Å²) in [6.07, 6.45) is 0. The average Bonchev–Trinajstić information content (AvgIpc) is 2.50. The number of carbonyl (C=O) groups is 1. The van der Waals surface area contributed by atoms with Crippen LogP contribution in [0.25, 0.3) is 0 Å². The zero-order valence-electron chi connectivity index (χ0n) is 11.4. The van der Waals surface area contributed by atoms with Gasteiger partial charge in [-0.05, 0) is 46.6 Å². The molecule has 0 aromatic heterocycles. The Hall–Kier alpha value is -1.72. The predicted octanol–water partition coefficient (Wildman–Crippen LogP) is 3.23. The number of nitrogens with one attached hydrogen (secondary N) is 1. The topological polar surface area (TPSA) is 49.3 Å². The van der Waals surface area contributed by atoms with Gasteiger partial charge in [-0.15, -0.1) is 0 Å². The standard InChI is InChI=1S/C16H15BrFNO2/c1-16(10-20,12-5-3-2-4-6-12)19-15(21)11-7-8-13(17)14(18)9-11/h2-9,20H,10H2,1H3,(H,19,21). The summed E-state index contributed by atoms with van der Waals surface area (Å²) in [7, 11) is 0. The zero-order valence-corrected chi connectivity index (χ0v) is 13.0. The molecular weight excluding hydrogens is 337 g/mol. The lowest BCUT2D eigenvalue weighted by Crippen LogP contribution is -2.46. The fourth-order valence-corrected chi connectivity index (χ4v) is 2.22. The number of halogens is 2. The van der Waals surface area contributed by atoms with Crippen LogP contribution in [-0.2, 0) is 5.54 Å². The van der Waals surface area contributed by atoms with E-state index in [-0.39, 0.29) is 12.2 Å². The van der Waals surface area contributed by atoms with Gasteiger partial charge in [0, 0.05) is 5.56 Å². The van der Waals surface area contributed by atoms with Gasteiger partial charge in [-0.2, -0.15) is 0 Å².